The van der Waals surface area contributed by atoms with Gasteiger partial charge in [-0.15, -0.1) is 0 Å². The van der Waals surface area contributed by atoms with Gasteiger partial charge < -0.3 is 5.32 Å². The van der Waals surface area contributed by atoms with Crippen LogP contribution in [0.15, 0.2) is 66.1 Å². The number of amides is 1. The maximum Gasteiger partial charge on any atom is 0.446 e. The Kier molecular flexibility index (Phi) is 5.80. The fourth-order valence-electron chi connectivity index (χ4n) is 2.48. The molecule has 0 saturated heterocycles. The second-order valence-electron chi connectivity index (χ2n) is 5.64. The molecule has 0 saturated carbocycles. The van der Waals surface area contributed by atoms with E-state index >= 15 is 0 Å². The topological polar surface area (TPSA) is 59.8 Å². The summed E-state index contributed by atoms with van der Waals surface area (Å²) in [5, 5.41) is 6.71. The Bertz CT molecular complexity index is 913. The maximum absolute atomic E-state index is 12.7. The zero-order valence-corrected chi connectivity index (χ0v) is 14.8. The summed E-state index contributed by atoms with van der Waals surface area (Å²) in [5.74, 6) is -0.552. The molecule has 0 bridgehead atoms. The molecule has 5 nitrogen and oxygen atoms in total. The van der Waals surface area contributed by atoms with Crippen molar-refractivity contribution in [2.75, 3.05) is 0 Å². The number of benzene rings is 2. The van der Waals surface area contributed by atoms with Crippen LogP contribution in [0, 0.1) is 0 Å². The first-order valence-corrected chi connectivity index (χ1v) is 8.75. The largest absolute Gasteiger partial charge is 0.446 e. The fraction of sp³-hybridized carbons (Fsp3) is 0.167. The van der Waals surface area contributed by atoms with Crippen molar-refractivity contribution in [3.8, 4) is 0 Å². The van der Waals surface area contributed by atoms with E-state index in [0.717, 1.165) is 11.1 Å². The Morgan fingerprint density at radius 2 is 1.89 bits per heavy atom. The molecule has 1 N–H and O–H groups in total. The van der Waals surface area contributed by atoms with E-state index in [9.17, 15) is 18.0 Å². The molecule has 0 atom stereocenters. The van der Waals surface area contributed by atoms with Crippen molar-refractivity contribution in [1.29, 1.82) is 0 Å². The van der Waals surface area contributed by atoms with E-state index in [4.69, 9.17) is 0 Å². The number of aromatic nitrogens is 3. The molecule has 0 unspecified atom stereocenters. The van der Waals surface area contributed by atoms with Crippen molar-refractivity contribution in [3.63, 3.8) is 0 Å². The van der Waals surface area contributed by atoms with E-state index in [0.29, 0.717) is 6.54 Å². The van der Waals surface area contributed by atoms with Crippen LogP contribution in [-0.4, -0.2) is 26.2 Å². The number of nitrogens with zero attached hydrogens (tertiary/aromatic N) is 3. The Hall–Kier alpha value is -2.81. The van der Waals surface area contributed by atoms with E-state index in [1.165, 1.54) is 30.6 Å². The molecule has 27 heavy (non-hydrogen) atoms. The third kappa shape index (κ3) is 5.58. The number of thioether (sulfide) groups is 1. The summed E-state index contributed by atoms with van der Waals surface area (Å²) in [6.07, 6.45) is 3.05. The molecule has 3 aromatic rings. The lowest BCUT2D eigenvalue weighted by atomic mass is 10.1. The molecule has 9 heteroatoms. The van der Waals surface area contributed by atoms with Gasteiger partial charge in [0.2, 0.25) is 0 Å². The normalized spacial score (nSPS) is 11.4. The Morgan fingerprint density at radius 3 is 2.63 bits per heavy atom. The lowest BCUT2D eigenvalue weighted by Crippen LogP contribution is -2.23. The summed E-state index contributed by atoms with van der Waals surface area (Å²) in [7, 11) is 0. The van der Waals surface area contributed by atoms with Crippen LogP contribution in [0.1, 0.15) is 21.5 Å². The van der Waals surface area contributed by atoms with E-state index in [1.807, 2.05) is 24.3 Å². The first kappa shape index (κ1) is 19.0. The molecule has 0 aliphatic heterocycles. The van der Waals surface area contributed by atoms with Gasteiger partial charge in [0, 0.05) is 11.4 Å². The van der Waals surface area contributed by atoms with Gasteiger partial charge >= 0.3 is 5.51 Å². The number of nitrogens with one attached hydrogen (secondary N) is 1. The molecule has 2 aromatic carbocycles. The van der Waals surface area contributed by atoms with Crippen molar-refractivity contribution in [3.05, 3.63) is 77.9 Å². The smallest absolute Gasteiger partial charge is 0.348 e. The molecular formula is C18H15F3N4OS. The molecule has 0 radical (unpaired) electrons. The third-order valence-electron chi connectivity index (χ3n) is 3.61. The van der Waals surface area contributed by atoms with Crippen molar-refractivity contribution in [2.24, 2.45) is 0 Å². The maximum atomic E-state index is 12.7. The second kappa shape index (κ2) is 8.26. The highest BCUT2D eigenvalue weighted by molar-refractivity contribution is 8.00. The predicted octanol–water partition coefficient (Wildman–Crippen LogP) is 3.87. The summed E-state index contributed by atoms with van der Waals surface area (Å²) in [6.45, 7) is 0.738. The Morgan fingerprint density at radius 1 is 1.11 bits per heavy atom. The average molecular weight is 392 g/mol. The molecule has 0 aliphatic rings. The number of carbonyl (C=O) groups excluding carboxylic acids is 1. The molecule has 0 spiro atoms. The van der Waals surface area contributed by atoms with Crippen LogP contribution in [0.25, 0.3) is 0 Å². The van der Waals surface area contributed by atoms with Gasteiger partial charge in [-0.2, -0.15) is 18.3 Å². The highest BCUT2D eigenvalue weighted by atomic mass is 32.2. The van der Waals surface area contributed by atoms with Gasteiger partial charge in [-0.25, -0.2) is 9.67 Å². The summed E-state index contributed by atoms with van der Waals surface area (Å²) in [6, 6.07) is 13.2. The molecule has 1 aromatic heterocycles. The minimum absolute atomic E-state index is 0.00130. The van der Waals surface area contributed by atoms with Crippen molar-refractivity contribution in [1.82, 2.24) is 20.1 Å². The number of hydrogen-bond acceptors (Lipinski definition) is 4. The standard InChI is InChI=1S/C18H15F3N4OS/c19-18(20,21)27-16-7-2-1-6-15(16)17(26)23-9-13-4-3-5-14(8-13)10-25-12-22-11-24-25/h1-8,11-12H,9-10H2,(H,23,26). The first-order valence-electron chi connectivity index (χ1n) is 7.94. The number of halogens is 3. The van der Waals surface area contributed by atoms with Gasteiger partial charge in [-0.05, 0) is 35.0 Å². The van der Waals surface area contributed by atoms with Crippen LogP contribution < -0.4 is 5.32 Å². The van der Waals surface area contributed by atoms with Gasteiger partial charge in [-0.3, -0.25) is 4.79 Å². The lowest BCUT2D eigenvalue weighted by molar-refractivity contribution is -0.0328. The van der Waals surface area contributed by atoms with Crippen molar-refractivity contribution >= 4 is 17.7 Å². The Balaban J connectivity index is 1.66. The monoisotopic (exact) mass is 392 g/mol. The number of rotatable bonds is 6. The second-order valence-corrected chi connectivity index (χ2v) is 6.75. The predicted molar refractivity (Wildman–Crippen MR) is 95.1 cm³/mol. The Labute approximate surface area is 157 Å². The average Bonchev–Trinajstić information content (AvgIpc) is 3.12. The third-order valence-corrected chi connectivity index (χ3v) is 4.42. The molecule has 3 rings (SSSR count). The van der Waals surface area contributed by atoms with Gasteiger partial charge in [0.05, 0.1) is 12.1 Å². The van der Waals surface area contributed by atoms with Crippen LogP contribution in [0.3, 0.4) is 0 Å². The molecule has 1 amide bonds. The van der Waals surface area contributed by atoms with Crippen LogP contribution >= 0.6 is 11.8 Å². The molecular weight excluding hydrogens is 377 g/mol. The lowest BCUT2D eigenvalue weighted by Gasteiger charge is -2.12. The van der Waals surface area contributed by atoms with E-state index in [1.54, 1.807) is 11.0 Å². The number of carbonyl (C=O) groups is 1. The van der Waals surface area contributed by atoms with Crippen LogP contribution in [-0.2, 0) is 13.1 Å². The summed E-state index contributed by atoms with van der Waals surface area (Å²) >= 11 is -0.295. The first-order chi connectivity index (χ1) is 12.9. The zero-order valence-electron chi connectivity index (χ0n) is 14.0. The SMILES string of the molecule is O=C(NCc1cccc(Cn2cncn2)c1)c1ccccc1SC(F)(F)F. The molecule has 0 fully saturated rings. The minimum atomic E-state index is -4.45. The summed E-state index contributed by atoms with van der Waals surface area (Å²) in [4.78, 5) is 16.1. The summed E-state index contributed by atoms with van der Waals surface area (Å²) < 4.78 is 39.6. The quantitative estimate of drug-likeness (QED) is 0.647. The van der Waals surface area contributed by atoms with E-state index in [2.05, 4.69) is 15.4 Å². The highest BCUT2D eigenvalue weighted by Gasteiger charge is 2.31. The van der Waals surface area contributed by atoms with E-state index < -0.39 is 11.4 Å². The van der Waals surface area contributed by atoms with Crippen LogP contribution in [0.5, 0.6) is 0 Å². The van der Waals surface area contributed by atoms with Gasteiger partial charge in [-0.1, -0.05) is 36.4 Å². The zero-order chi connectivity index (χ0) is 19.3. The molecule has 1 heterocycles. The summed E-state index contributed by atoms with van der Waals surface area (Å²) in [5.41, 5.74) is -2.65. The van der Waals surface area contributed by atoms with Gasteiger partial charge in [0.25, 0.3) is 5.91 Å². The molecule has 0 aliphatic carbocycles. The van der Waals surface area contributed by atoms with Gasteiger partial charge in [0.15, 0.2) is 0 Å². The van der Waals surface area contributed by atoms with Crippen LogP contribution in [0.2, 0.25) is 0 Å². The molecule has 140 valence electrons. The van der Waals surface area contributed by atoms with E-state index in [-0.39, 0.29) is 28.8 Å². The van der Waals surface area contributed by atoms with Crippen molar-refractivity contribution < 1.29 is 18.0 Å². The number of alkyl halides is 3. The van der Waals surface area contributed by atoms with Gasteiger partial charge in [0.1, 0.15) is 12.7 Å². The van der Waals surface area contributed by atoms with Crippen LogP contribution in [0.4, 0.5) is 13.2 Å². The fourth-order valence-corrected chi connectivity index (χ4v) is 3.15. The minimum Gasteiger partial charge on any atom is -0.348 e. The van der Waals surface area contributed by atoms with Crippen molar-refractivity contribution in [2.45, 2.75) is 23.5 Å². The number of hydrogen-bond donors (Lipinski definition) is 1. The highest BCUT2D eigenvalue weighted by Crippen LogP contribution is 2.38.